The lowest BCUT2D eigenvalue weighted by Crippen LogP contribution is -2.48. The summed E-state index contributed by atoms with van der Waals surface area (Å²) in [6.45, 7) is 5.17. The number of ether oxygens (including phenoxy) is 1. The number of piperidine rings is 1. The molecule has 0 aromatic heterocycles. The summed E-state index contributed by atoms with van der Waals surface area (Å²) in [6.07, 6.45) is 2.39. The summed E-state index contributed by atoms with van der Waals surface area (Å²) in [5.74, 6) is 0.0108. The SMILES string of the molecule is Cc1cccc(OCCCC(=O)N2CCCC(C)(C(=O)O)C2)c1. The average Bonchev–Trinajstić information content (AvgIpc) is 2.51. The first kappa shape index (κ1) is 17.3. The lowest BCUT2D eigenvalue weighted by Gasteiger charge is -2.37. The zero-order chi connectivity index (χ0) is 16.9. The van der Waals surface area contributed by atoms with E-state index in [1.807, 2.05) is 31.2 Å². The minimum atomic E-state index is -0.821. The minimum absolute atomic E-state index is 0.0185. The number of hydrogen-bond donors (Lipinski definition) is 1. The van der Waals surface area contributed by atoms with E-state index in [1.54, 1.807) is 11.8 Å². The van der Waals surface area contributed by atoms with Gasteiger partial charge in [0.2, 0.25) is 5.91 Å². The fourth-order valence-corrected chi connectivity index (χ4v) is 2.90. The van der Waals surface area contributed by atoms with Crippen LogP contribution in [0, 0.1) is 12.3 Å². The number of amides is 1. The standard InChI is InChI=1S/C18H25NO4/c1-14-6-3-7-15(12-14)23-11-4-8-16(20)19-10-5-9-18(2,13-19)17(21)22/h3,6-7,12H,4-5,8-11,13H2,1-2H3,(H,21,22). The largest absolute Gasteiger partial charge is 0.494 e. The summed E-state index contributed by atoms with van der Waals surface area (Å²) < 4.78 is 5.64. The monoisotopic (exact) mass is 319 g/mol. The smallest absolute Gasteiger partial charge is 0.311 e. The van der Waals surface area contributed by atoms with Gasteiger partial charge in [0, 0.05) is 19.5 Å². The fraction of sp³-hybridized carbons (Fsp3) is 0.556. The molecule has 1 amide bonds. The number of hydrogen-bond acceptors (Lipinski definition) is 3. The van der Waals surface area contributed by atoms with Crippen molar-refractivity contribution < 1.29 is 19.4 Å². The van der Waals surface area contributed by atoms with Crippen LogP contribution in [0.5, 0.6) is 5.75 Å². The highest BCUT2D eigenvalue weighted by Crippen LogP contribution is 2.30. The van der Waals surface area contributed by atoms with Gasteiger partial charge < -0.3 is 14.7 Å². The van der Waals surface area contributed by atoms with Crippen molar-refractivity contribution in [1.82, 2.24) is 4.90 Å². The molecule has 1 atom stereocenters. The van der Waals surface area contributed by atoms with Crippen LogP contribution in [-0.2, 0) is 9.59 Å². The Kier molecular flexibility index (Phi) is 5.64. The molecule has 1 aromatic rings. The molecule has 1 heterocycles. The Bertz CT molecular complexity index is 572. The van der Waals surface area contributed by atoms with Gasteiger partial charge in [-0.2, -0.15) is 0 Å². The summed E-state index contributed by atoms with van der Waals surface area (Å²) in [7, 11) is 0. The van der Waals surface area contributed by atoms with Crippen molar-refractivity contribution in [3.05, 3.63) is 29.8 Å². The molecule has 0 bridgehead atoms. The van der Waals surface area contributed by atoms with Crippen LogP contribution in [-0.4, -0.2) is 41.6 Å². The molecule has 1 saturated heterocycles. The summed E-state index contributed by atoms with van der Waals surface area (Å²) in [5, 5.41) is 9.30. The third kappa shape index (κ3) is 4.71. The minimum Gasteiger partial charge on any atom is -0.494 e. The predicted molar refractivity (Wildman–Crippen MR) is 87.5 cm³/mol. The van der Waals surface area contributed by atoms with Crippen LogP contribution < -0.4 is 4.74 Å². The molecule has 0 aliphatic carbocycles. The molecule has 1 fully saturated rings. The molecule has 5 heteroatoms. The highest BCUT2D eigenvalue weighted by molar-refractivity contribution is 5.79. The van der Waals surface area contributed by atoms with E-state index in [1.165, 1.54) is 0 Å². The van der Waals surface area contributed by atoms with E-state index in [4.69, 9.17) is 4.74 Å². The number of nitrogens with zero attached hydrogens (tertiary/aromatic N) is 1. The van der Waals surface area contributed by atoms with Crippen molar-refractivity contribution in [1.29, 1.82) is 0 Å². The maximum Gasteiger partial charge on any atom is 0.311 e. The lowest BCUT2D eigenvalue weighted by molar-refractivity contribution is -0.153. The topological polar surface area (TPSA) is 66.8 Å². The Morgan fingerprint density at radius 2 is 2.17 bits per heavy atom. The maximum atomic E-state index is 12.3. The molecule has 1 unspecified atom stereocenters. The van der Waals surface area contributed by atoms with Crippen LogP contribution >= 0.6 is 0 Å². The summed E-state index contributed by atoms with van der Waals surface area (Å²) in [4.78, 5) is 25.3. The van der Waals surface area contributed by atoms with Gasteiger partial charge in [0.05, 0.1) is 12.0 Å². The van der Waals surface area contributed by atoms with Crippen LogP contribution in [0.1, 0.15) is 38.2 Å². The second-order valence-electron chi connectivity index (χ2n) is 6.55. The molecule has 23 heavy (non-hydrogen) atoms. The number of aryl methyl sites for hydroxylation is 1. The first-order valence-corrected chi connectivity index (χ1v) is 8.11. The van der Waals surface area contributed by atoms with Crippen LogP contribution in [0.3, 0.4) is 0 Å². The Hall–Kier alpha value is -2.04. The number of carboxylic acids is 1. The quantitative estimate of drug-likeness (QED) is 0.819. The number of likely N-dealkylation sites (tertiary alicyclic amines) is 1. The van der Waals surface area contributed by atoms with Crippen LogP contribution in [0.2, 0.25) is 0 Å². The number of aliphatic carboxylic acids is 1. The highest BCUT2D eigenvalue weighted by Gasteiger charge is 2.39. The molecule has 1 aliphatic rings. The molecule has 1 aliphatic heterocycles. The molecule has 2 rings (SSSR count). The second kappa shape index (κ2) is 7.49. The molecule has 5 nitrogen and oxygen atoms in total. The van der Waals surface area contributed by atoms with Gasteiger partial charge in [0.25, 0.3) is 0 Å². The predicted octanol–water partition coefficient (Wildman–Crippen LogP) is 2.87. The van der Waals surface area contributed by atoms with Crippen LogP contribution in [0.15, 0.2) is 24.3 Å². The molecular weight excluding hydrogens is 294 g/mol. The molecule has 0 spiro atoms. The van der Waals surface area contributed by atoms with Gasteiger partial charge in [-0.3, -0.25) is 9.59 Å². The Balaban J connectivity index is 1.75. The third-order valence-corrected chi connectivity index (χ3v) is 4.36. The number of carboxylic acid groups (broad SMARTS) is 1. The Labute approximate surface area is 137 Å². The Morgan fingerprint density at radius 3 is 2.87 bits per heavy atom. The van der Waals surface area contributed by atoms with E-state index in [0.717, 1.165) is 17.7 Å². The van der Waals surface area contributed by atoms with Gasteiger partial charge in [-0.15, -0.1) is 0 Å². The van der Waals surface area contributed by atoms with E-state index in [9.17, 15) is 14.7 Å². The number of carbonyl (C=O) groups excluding carboxylic acids is 1. The van der Waals surface area contributed by atoms with Crippen molar-refractivity contribution in [2.24, 2.45) is 5.41 Å². The van der Waals surface area contributed by atoms with Crippen molar-refractivity contribution in [2.75, 3.05) is 19.7 Å². The van der Waals surface area contributed by atoms with Gasteiger partial charge in [0.15, 0.2) is 0 Å². The van der Waals surface area contributed by atoms with E-state index >= 15 is 0 Å². The maximum absolute atomic E-state index is 12.3. The molecule has 1 aromatic carbocycles. The molecule has 126 valence electrons. The summed E-state index contributed by atoms with van der Waals surface area (Å²) in [5.41, 5.74) is 0.325. The van der Waals surface area contributed by atoms with E-state index in [-0.39, 0.29) is 5.91 Å². The van der Waals surface area contributed by atoms with Crippen molar-refractivity contribution in [2.45, 2.75) is 39.5 Å². The molecular formula is C18H25NO4. The van der Waals surface area contributed by atoms with Crippen LogP contribution in [0.4, 0.5) is 0 Å². The molecule has 0 radical (unpaired) electrons. The first-order chi connectivity index (χ1) is 10.9. The van der Waals surface area contributed by atoms with E-state index in [0.29, 0.717) is 39.0 Å². The highest BCUT2D eigenvalue weighted by atomic mass is 16.5. The van der Waals surface area contributed by atoms with Crippen LogP contribution in [0.25, 0.3) is 0 Å². The summed E-state index contributed by atoms with van der Waals surface area (Å²) in [6, 6.07) is 7.81. The van der Waals surface area contributed by atoms with Gasteiger partial charge in [-0.1, -0.05) is 12.1 Å². The lowest BCUT2D eigenvalue weighted by atomic mass is 9.82. The third-order valence-electron chi connectivity index (χ3n) is 4.36. The molecule has 1 N–H and O–H groups in total. The van der Waals surface area contributed by atoms with Crippen molar-refractivity contribution in [3.8, 4) is 5.75 Å². The normalized spacial score (nSPS) is 21.0. The zero-order valence-electron chi connectivity index (χ0n) is 13.9. The van der Waals surface area contributed by atoms with Crippen molar-refractivity contribution >= 4 is 11.9 Å². The van der Waals surface area contributed by atoms with Gasteiger partial charge >= 0.3 is 5.97 Å². The van der Waals surface area contributed by atoms with Gasteiger partial charge in [-0.05, 0) is 50.8 Å². The van der Waals surface area contributed by atoms with Gasteiger partial charge in [-0.25, -0.2) is 0 Å². The number of rotatable bonds is 6. The first-order valence-electron chi connectivity index (χ1n) is 8.11. The number of benzene rings is 1. The zero-order valence-corrected chi connectivity index (χ0v) is 13.9. The van der Waals surface area contributed by atoms with Gasteiger partial charge in [0.1, 0.15) is 5.75 Å². The van der Waals surface area contributed by atoms with E-state index in [2.05, 4.69) is 0 Å². The fourth-order valence-electron chi connectivity index (χ4n) is 2.90. The molecule has 0 saturated carbocycles. The average molecular weight is 319 g/mol. The number of carbonyl (C=O) groups is 2. The summed E-state index contributed by atoms with van der Waals surface area (Å²) >= 11 is 0. The Morgan fingerprint density at radius 1 is 1.39 bits per heavy atom. The second-order valence-corrected chi connectivity index (χ2v) is 6.55. The van der Waals surface area contributed by atoms with E-state index < -0.39 is 11.4 Å². The van der Waals surface area contributed by atoms with Crippen molar-refractivity contribution in [3.63, 3.8) is 0 Å².